The molecule has 1 aromatic rings. The van der Waals surface area contributed by atoms with E-state index in [9.17, 15) is 4.79 Å². The van der Waals surface area contributed by atoms with Gasteiger partial charge in [0.2, 0.25) is 0 Å². The van der Waals surface area contributed by atoms with Gasteiger partial charge in [-0.25, -0.2) is 0 Å². The van der Waals surface area contributed by atoms with Crippen LogP contribution in [-0.4, -0.2) is 18.9 Å². The molecule has 0 fully saturated rings. The Hall–Kier alpha value is -1.15. The second kappa shape index (κ2) is 4.91. The minimum atomic E-state index is -0.0577. The molecule has 0 bridgehead atoms. The van der Waals surface area contributed by atoms with Crippen molar-refractivity contribution in [2.45, 2.75) is 26.3 Å². The number of likely N-dealkylation sites (N-methyl/N-ethyl adjacent to an activating group) is 1. The average Bonchev–Trinajstić information content (AvgIpc) is 2.16. The molecule has 2 nitrogen and oxygen atoms in total. The zero-order valence-electron chi connectivity index (χ0n) is 9.00. The van der Waals surface area contributed by atoms with Gasteiger partial charge in [-0.1, -0.05) is 29.8 Å². The van der Waals surface area contributed by atoms with Crippen LogP contribution in [0.4, 0.5) is 0 Å². The van der Waals surface area contributed by atoms with E-state index in [1.54, 1.807) is 6.92 Å². The maximum Gasteiger partial charge on any atom is 0.147 e. The van der Waals surface area contributed by atoms with E-state index in [0.717, 1.165) is 6.42 Å². The van der Waals surface area contributed by atoms with Gasteiger partial charge in [0.05, 0.1) is 6.04 Å². The first-order chi connectivity index (χ1) is 6.63. The van der Waals surface area contributed by atoms with E-state index >= 15 is 0 Å². The highest BCUT2D eigenvalue weighted by molar-refractivity contribution is 5.81. The molecule has 0 saturated carbocycles. The average molecular weight is 191 g/mol. The third kappa shape index (κ3) is 2.96. The largest absolute Gasteiger partial charge is 0.310 e. The van der Waals surface area contributed by atoms with Crippen molar-refractivity contribution < 1.29 is 4.79 Å². The van der Waals surface area contributed by atoms with Gasteiger partial charge in [-0.3, -0.25) is 4.79 Å². The Morgan fingerprint density at radius 1 is 1.36 bits per heavy atom. The van der Waals surface area contributed by atoms with Crippen LogP contribution in [0.3, 0.4) is 0 Å². The fourth-order valence-electron chi connectivity index (χ4n) is 1.41. The van der Waals surface area contributed by atoms with Crippen LogP contribution >= 0.6 is 0 Å². The van der Waals surface area contributed by atoms with Crippen LogP contribution < -0.4 is 5.32 Å². The second-order valence-electron chi connectivity index (χ2n) is 3.64. The van der Waals surface area contributed by atoms with Gasteiger partial charge in [0.15, 0.2) is 0 Å². The zero-order chi connectivity index (χ0) is 10.6. The van der Waals surface area contributed by atoms with Crippen LogP contribution in [-0.2, 0) is 11.2 Å². The summed E-state index contributed by atoms with van der Waals surface area (Å²) in [5.41, 5.74) is 2.45. The molecule has 0 aliphatic heterocycles. The standard InChI is InChI=1S/C12H17NO/c1-9-4-6-11(7-5-9)8-12(13-3)10(2)14/h4-7,12-13H,8H2,1-3H3. The van der Waals surface area contributed by atoms with Gasteiger partial charge in [0.25, 0.3) is 0 Å². The maximum absolute atomic E-state index is 11.2. The summed E-state index contributed by atoms with van der Waals surface area (Å²) in [4.78, 5) is 11.2. The summed E-state index contributed by atoms with van der Waals surface area (Å²) in [7, 11) is 1.82. The van der Waals surface area contributed by atoms with Crippen molar-refractivity contribution in [3.05, 3.63) is 35.4 Å². The molecule has 0 spiro atoms. The molecule has 0 aliphatic rings. The van der Waals surface area contributed by atoms with Gasteiger partial charge in [-0.2, -0.15) is 0 Å². The Balaban J connectivity index is 2.67. The molecule has 2 heteroatoms. The van der Waals surface area contributed by atoms with Gasteiger partial charge >= 0.3 is 0 Å². The number of nitrogens with one attached hydrogen (secondary N) is 1. The van der Waals surface area contributed by atoms with Crippen molar-refractivity contribution in [3.63, 3.8) is 0 Å². The Morgan fingerprint density at radius 2 is 1.93 bits per heavy atom. The Labute approximate surface area is 85.3 Å². The molecule has 0 amide bonds. The van der Waals surface area contributed by atoms with Gasteiger partial charge in [-0.15, -0.1) is 0 Å². The Morgan fingerprint density at radius 3 is 2.36 bits per heavy atom. The lowest BCUT2D eigenvalue weighted by Gasteiger charge is -2.12. The molecule has 1 N–H and O–H groups in total. The number of rotatable bonds is 4. The minimum Gasteiger partial charge on any atom is -0.310 e. The molecule has 14 heavy (non-hydrogen) atoms. The number of hydrogen-bond donors (Lipinski definition) is 1. The number of carbonyl (C=O) groups excluding carboxylic acids is 1. The van der Waals surface area contributed by atoms with Crippen molar-refractivity contribution in [1.29, 1.82) is 0 Å². The fraction of sp³-hybridized carbons (Fsp3) is 0.417. The van der Waals surface area contributed by atoms with Gasteiger partial charge < -0.3 is 5.32 Å². The predicted octanol–water partition coefficient (Wildman–Crippen LogP) is 1.71. The third-order valence-electron chi connectivity index (χ3n) is 2.40. The summed E-state index contributed by atoms with van der Waals surface area (Å²) in [5, 5.41) is 3.02. The highest BCUT2D eigenvalue weighted by atomic mass is 16.1. The monoisotopic (exact) mass is 191 g/mol. The lowest BCUT2D eigenvalue weighted by molar-refractivity contribution is -0.118. The van der Waals surface area contributed by atoms with Crippen LogP contribution in [0.1, 0.15) is 18.1 Å². The van der Waals surface area contributed by atoms with Crippen molar-refractivity contribution in [2.75, 3.05) is 7.05 Å². The maximum atomic E-state index is 11.2. The number of aryl methyl sites for hydroxylation is 1. The van der Waals surface area contributed by atoms with Crippen LogP contribution in [0.5, 0.6) is 0 Å². The van der Waals surface area contributed by atoms with Gasteiger partial charge in [0, 0.05) is 0 Å². The van der Waals surface area contributed by atoms with Crippen molar-refractivity contribution in [3.8, 4) is 0 Å². The van der Waals surface area contributed by atoms with E-state index in [0.29, 0.717) is 0 Å². The van der Waals surface area contributed by atoms with Crippen LogP contribution in [0.25, 0.3) is 0 Å². The first-order valence-corrected chi connectivity index (χ1v) is 4.86. The number of benzene rings is 1. The lowest BCUT2D eigenvalue weighted by Crippen LogP contribution is -2.34. The number of hydrogen-bond acceptors (Lipinski definition) is 2. The molecule has 1 unspecified atom stereocenters. The van der Waals surface area contributed by atoms with Gasteiger partial charge in [0.1, 0.15) is 5.78 Å². The van der Waals surface area contributed by atoms with E-state index < -0.39 is 0 Å². The fourth-order valence-corrected chi connectivity index (χ4v) is 1.41. The lowest BCUT2D eigenvalue weighted by atomic mass is 10.0. The summed E-state index contributed by atoms with van der Waals surface area (Å²) >= 11 is 0. The van der Waals surface area contributed by atoms with Crippen molar-refractivity contribution in [2.24, 2.45) is 0 Å². The molecule has 0 radical (unpaired) electrons. The number of Topliss-reactive ketones (excluding diaryl/α,β-unsaturated/α-hetero) is 1. The smallest absolute Gasteiger partial charge is 0.147 e. The molecule has 1 aromatic carbocycles. The van der Waals surface area contributed by atoms with E-state index in [-0.39, 0.29) is 11.8 Å². The summed E-state index contributed by atoms with van der Waals surface area (Å²) in [5.74, 6) is 0.188. The zero-order valence-corrected chi connectivity index (χ0v) is 9.00. The topological polar surface area (TPSA) is 29.1 Å². The predicted molar refractivity (Wildman–Crippen MR) is 58.4 cm³/mol. The van der Waals surface area contributed by atoms with Crippen molar-refractivity contribution in [1.82, 2.24) is 5.32 Å². The molecule has 0 heterocycles. The van der Waals surface area contributed by atoms with Gasteiger partial charge in [-0.05, 0) is 32.9 Å². The van der Waals surface area contributed by atoms with Crippen LogP contribution in [0, 0.1) is 6.92 Å². The quantitative estimate of drug-likeness (QED) is 0.785. The molecule has 1 rings (SSSR count). The normalized spacial score (nSPS) is 12.5. The second-order valence-corrected chi connectivity index (χ2v) is 3.64. The first-order valence-electron chi connectivity index (χ1n) is 4.86. The number of ketones is 1. The third-order valence-corrected chi connectivity index (χ3v) is 2.40. The molecule has 0 aromatic heterocycles. The molecule has 76 valence electrons. The molecule has 0 aliphatic carbocycles. The van der Waals surface area contributed by atoms with E-state index in [1.807, 2.05) is 7.05 Å². The van der Waals surface area contributed by atoms with E-state index in [2.05, 4.69) is 36.5 Å². The Kier molecular flexibility index (Phi) is 3.84. The first kappa shape index (κ1) is 10.9. The molecule has 0 saturated heterocycles. The minimum absolute atomic E-state index is 0.0577. The SMILES string of the molecule is CNC(Cc1ccc(C)cc1)C(C)=O. The Bertz CT molecular complexity index is 303. The van der Waals surface area contributed by atoms with Crippen molar-refractivity contribution >= 4 is 5.78 Å². The highest BCUT2D eigenvalue weighted by Gasteiger charge is 2.11. The van der Waals surface area contributed by atoms with E-state index in [1.165, 1.54) is 11.1 Å². The molecular weight excluding hydrogens is 174 g/mol. The summed E-state index contributed by atoms with van der Waals surface area (Å²) < 4.78 is 0. The summed E-state index contributed by atoms with van der Waals surface area (Å²) in [6.07, 6.45) is 0.770. The summed E-state index contributed by atoms with van der Waals surface area (Å²) in [6, 6.07) is 8.23. The summed E-state index contributed by atoms with van der Waals surface area (Å²) in [6.45, 7) is 3.68. The van der Waals surface area contributed by atoms with E-state index in [4.69, 9.17) is 0 Å². The highest BCUT2D eigenvalue weighted by Crippen LogP contribution is 2.06. The van der Waals surface area contributed by atoms with Crippen LogP contribution in [0.15, 0.2) is 24.3 Å². The molecule has 1 atom stereocenters. The number of carbonyl (C=O) groups is 1. The molecular formula is C12H17NO. The van der Waals surface area contributed by atoms with Crippen LogP contribution in [0.2, 0.25) is 0 Å².